The van der Waals surface area contributed by atoms with E-state index in [0.29, 0.717) is 11.6 Å². The molecule has 1 N–H and O–H groups in total. The first kappa shape index (κ1) is 11.4. The Balaban J connectivity index is 1.73. The maximum absolute atomic E-state index is 12.8. The van der Waals surface area contributed by atoms with Crippen LogP contribution in [0.4, 0.5) is 4.39 Å². The minimum Gasteiger partial charge on any atom is -0.386 e. The normalized spacial score (nSPS) is 23.7. The maximum atomic E-state index is 12.8. The van der Waals surface area contributed by atoms with Crippen molar-refractivity contribution in [3.63, 3.8) is 0 Å². The fourth-order valence-electron chi connectivity index (χ4n) is 2.43. The van der Waals surface area contributed by atoms with Crippen LogP contribution in [0.5, 0.6) is 0 Å². The summed E-state index contributed by atoms with van der Waals surface area (Å²) in [6, 6.07) is 13.1. The van der Waals surface area contributed by atoms with Gasteiger partial charge in [0, 0.05) is 0 Å². The van der Waals surface area contributed by atoms with Gasteiger partial charge in [-0.3, -0.25) is 4.98 Å². The van der Waals surface area contributed by atoms with Crippen molar-refractivity contribution in [2.24, 2.45) is 5.92 Å². The molecule has 1 heterocycles. The Morgan fingerprint density at radius 2 is 1.94 bits per heavy atom. The molecule has 3 rings (SSSR count). The predicted molar refractivity (Wildman–Crippen MR) is 66.4 cm³/mol. The molecule has 0 amide bonds. The van der Waals surface area contributed by atoms with Crippen LogP contribution >= 0.6 is 0 Å². The van der Waals surface area contributed by atoms with Gasteiger partial charge < -0.3 is 5.11 Å². The molecule has 3 atom stereocenters. The Hall–Kier alpha value is -1.74. The molecule has 0 spiro atoms. The molecule has 1 aromatic heterocycles. The van der Waals surface area contributed by atoms with Gasteiger partial charge in [0.25, 0.3) is 0 Å². The molecule has 1 aromatic carbocycles. The lowest BCUT2D eigenvalue weighted by Gasteiger charge is -2.09. The van der Waals surface area contributed by atoms with Gasteiger partial charge in [-0.15, -0.1) is 0 Å². The first-order chi connectivity index (χ1) is 8.75. The molecule has 18 heavy (non-hydrogen) atoms. The van der Waals surface area contributed by atoms with Crippen LogP contribution in [-0.2, 0) is 0 Å². The number of rotatable bonds is 3. The third kappa shape index (κ3) is 2.14. The van der Waals surface area contributed by atoms with Crippen molar-refractivity contribution in [1.29, 1.82) is 0 Å². The number of hydrogen-bond donors (Lipinski definition) is 1. The summed E-state index contributed by atoms with van der Waals surface area (Å²) in [7, 11) is 0. The molecule has 0 bridgehead atoms. The molecule has 3 unspecified atom stereocenters. The summed E-state index contributed by atoms with van der Waals surface area (Å²) >= 11 is 0. The van der Waals surface area contributed by atoms with Crippen LogP contribution in [0.2, 0.25) is 0 Å². The van der Waals surface area contributed by atoms with Crippen LogP contribution in [0.1, 0.15) is 29.7 Å². The fraction of sp³-hybridized carbons (Fsp3) is 0.267. The van der Waals surface area contributed by atoms with E-state index < -0.39 is 6.10 Å². The zero-order chi connectivity index (χ0) is 12.5. The Bertz CT molecular complexity index is 526. The first-order valence-electron chi connectivity index (χ1n) is 6.10. The Kier molecular flexibility index (Phi) is 2.84. The zero-order valence-corrected chi connectivity index (χ0v) is 9.83. The molecule has 2 aromatic rings. The summed E-state index contributed by atoms with van der Waals surface area (Å²) in [4.78, 5) is 3.94. The van der Waals surface area contributed by atoms with E-state index in [1.165, 1.54) is 11.6 Å². The van der Waals surface area contributed by atoms with Crippen LogP contribution in [0.3, 0.4) is 0 Å². The van der Waals surface area contributed by atoms with E-state index in [1.54, 1.807) is 6.07 Å². The van der Waals surface area contributed by atoms with E-state index in [-0.39, 0.29) is 11.7 Å². The van der Waals surface area contributed by atoms with Crippen molar-refractivity contribution >= 4 is 0 Å². The summed E-state index contributed by atoms with van der Waals surface area (Å²) in [5, 5.41) is 10.2. The second-order valence-electron chi connectivity index (χ2n) is 4.76. The van der Waals surface area contributed by atoms with E-state index in [2.05, 4.69) is 17.1 Å². The second-order valence-corrected chi connectivity index (χ2v) is 4.76. The molecule has 92 valence electrons. The molecule has 0 radical (unpaired) electrons. The van der Waals surface area contributed by atoms with Gasteiger partial charge in [-0.25, -0.2) is 4.39 Å². The highest BCUT2D eigenvalue weighted by molar-refractivity contribution is 5.27. The lowest BCUT2D eigenvalue weighted by atomic mass is 10.0. The highest BCUT2D eigenvalue weighted by Gasteiger charge is 2.44. The highest BCUT2D eigenvalue weighted by atomic mass is 19.1. The smallest absolute Gasteiger partial charge is 0.141 e. The maximum Gasteiger partial charge on any atom is 0.141 e. The van der Waals surface area contributed by atoms with Gasteiger partial charge in [-0.05, 0) is 36.0 Å². The third-order valence-electron chi connectivity index (χ3n) is 3.53. The number of aliphatic hydroxyl groups excluding tert-OH is 1. The van der Waals surface area contributed by atoms with Crippen LogP contribution < -0.4 is 0 Å². The van der Waals surface area contributed by atoms with Gasteiger partial charge in [0.05, 0.1) is 18.0 Å². The third-order valence-corrected chi connectivity index (χ3v) is 3.53. The average Bonchev–Trinajstić information content (AvgIpc) is 3.20. The molecule has 1 saturated carbocycles. The first-order valence-corrected chi connectivity index (χ1v) is 6.10. The molecule has 1 fully saturated rings. The van der Waals surface area contributed by atoms with Crippen LogP contribution in [0.25, 0.3) is 0 Å². The van der Waals surface area contributed by atoms with Gasteiger partial charge in [0.1, 0.15) is 5.82 Å². The quantitative estimate of drug-likeness (QED) is 0.898. The van der Waals surface area contributed by atoms with Crippen molar-refractivity contribution in [3.05, 3.63) is 65.7 Å². The summed E-state index contributed by atoms with van der Waals surface area (Å²) in [6.07, 6.45) is 1.51. The van der Waals surface area contributed by atoms with Crippen molar-refractivity contribution < 1.29 is 9.50 Å². The predicted octanol–water partition coefficient (Wildman–Crippen LogP) is 3.06. The molecular formula is C15H14FNO. The van der Waals surface area contributed by atoms with E-state index in [0.717, 1.165) is 12.6 Å². The minimum absolute atomic E-state index is 0.199. The number of nitrogens with zero attached hydrogens (tertiary/aromatic N) is 1. The Morgan fingerprint density at radius 1 is 1.17 bits per heavy atom. The summed E-state index contributed by atoms with van der Waals surface area (Å²) in [6.45, 7) is 0. The molecule has 1 aliphatic carbocycles. The molecular weight excluding hydrogens is 229 g/mol. The number of aromatic nitrogens is 1. The topological polar surface area (TPSA) is 33.1 Å². The second kappa shape index (κ2) is 4.50. The number of benzene rings is 1. The zero-order valence-electron chi connectivity index (χ0n) is 9.83. The number of halogens is 1. The highest BCUT2D eigenvalue weighted by Crippen LogP contribution is 2.53. The fourth-order valence-corrected chi connectivity index (χ4v) is 2.43. The van der Waals surface area contributed by atoms with E-state index in [4.69, 9.17) is 0 Å². The van der Waals surface area contributed by atoms with Crippen LogP contribution in [0.15, 0.2) is 48.7 Å². The van der Waals surface area contributed by atoms with Crippen molar-refractivity contribution in [2.75, 3.05) is 0 Å². The van der Waals surface area contributed by atoms with Crippen molar-refractivity contribution in [2.45, 2.75) is 18.4 Å². The monoisotopic (exact) mass is 243 g/mol. The Morgan fingerprint density at radius 3 is 2.61 bits per heavy atom. The van der Waals surface area contributed by atoms with E-state index in [9.17, 15) is 9.50 Å². The summed E-state index contributed by atoms with van der Waals surface area (Å²) in [5.41, 5.74) is 1.81. The Labute approximate surface area is 105 Å². The van der Waals surface area contributed by atoms with Crippen LogP contribution in [0, 0.1) is 11.7 Å². The molecule has 3 heteroatoms. The van der Waals surface area contributed by atoms with Gasteiger partial charge >= 0.3 is 0 Å². The molecule has 0 aliphatic heterocycles. The van der Waals surface area contributed by atoms with E-state index >= 15 is 0 Å². The lowest BCUT2D eigenvalue weighted by molar-refractivity contribution is 0.146. The largest absolute Gasteiger partial charge is 0.386 e. The van der Waals surface area contributed by atoms with Gasteiger partial charge in [-0.2, -0.15) is 0 Å². The van der Waals surface area contributed by atoms with Gasteiger partial charge in [0.15, 0.2) is 0 Å². The van der Waals surface area contributed by atoms with Crippen LogP contribution in [-0.4, -0.2) is 10.1 Å². The SMILES string of the molecule is OC(c1ccc(F)cn1)C1CC1c1ccccc1. The standard InChI is InChI=1S/C15H14FNO/c16-11-6-7-14(17-9-11)15(18)13-8-12(13)10-4-2-1-3-5-10/h1-7,9,12-13,15,18H,8H2. The summed E-state index contributed by atoms with van der Waals surface area (Å²) < 4.78 is 12.8. The molecule has 0 saturated heterocycles. The van der Waals surface area contributed by atoms with Gasteiger partial charge in [0.2, 0.25) is 0 Å². The van der Waals surface area contributed by atoms with Crippen molar-refractivity contribution in [3.8, 4) is 0 Å². The number of aliphatic hydroxyl groups is 1. The lowest BCUT2D eigenvalue weighted by Crippen LogP contribution is -2.04. The van der Waals surface area contributed by atoms with E-state index in [1.807, 2.05) is 18.2 Å². The number of pyridine rings is 1. The minimum atomic E-state index is -0.601. The average molecular weight is 243 g/mol. The molecule has 2 nitrogen and oxygen atoms in total. The van der Waals surface area contributed by atoms with Gasteiger partial charge in [-0.1, -0.05) is 30.3 Å². The van der Waals surface area contributed by atoms with Crippen molar-refractivity contribution in [1.82, 2.24) is 4.98 Å². The number of hydrogen-bond acceptors (Lipinski definition) is 2. The summed E-state index contributed by atoms with van der Waals surface area (Å²) in [5.74, 6) is 0.222. The molecule has 1 aliphatic rings.